The van der Waals surface area contributed by atoms with Gasteiger partial charge in [0.25, 0.3) is 0 Å². The molecule has 1 N–H and O–H groups in total. The van der Waals surface area contributed by atoms with Crippen molar-refractivity contribution in [1.29, 1.82) is 0 Å². The highest BCUT2D eigenvalue weighted by Crippen LogP contribution is 2.40. The Kier molecular flexibility index (Phi) is 6.39. The minimum Gasteiger partial charge on any atom is -0.508 e. The second-order valence-electron chi connectivity index (χ2n) is 7.53. The van der Waals surface area contributed by atoms with Gasteiger partial charge in [-0.1, -0.05) is 88.2 Å². The quantitative estimate of drug-likeness (QED) is 0.448. The molecule has 1 aliphatic rings. The maximum absolute atomic E-state index is 10.5. The second-order valence-corrected chi connectivity index (χ2v) is 8.82. The number of hydrogen-bond acceptors (Lipinski definition) is 2. The van der Waals surface area contributed by atoms with Crippen LogP contribution >= 0.6 is 27.5 Å². The summed E-state index contributed by atoms with van der Waals surface area (Å²) in [5, 5.41) is 11.2. The fourth-order valence-corrected chi connectivity index (χ4v) is 4.67. The largest absolute Gasteiger partial charge is 0.508 e. The third-order valence-electron chi connectivity index (χ3n) is 5.51. The molecule has 148 valence electrons. The fraction of sp³-hybridized carbons (Fsp3) is 0.200. The Morgan fingerprint density at radius 2 is 1.76 bits per heavy atom. The average molecular weight is 469 g/mol. The molecule has 1 saturated heterocycles. The number of aromatic hydroxyl groups is 1. The lowest BCUT2D eigenvalue weighted by molar-refractivity contribution is 0.321. The molecule has 0 amide bonds. The van der Waals surface area contributed by atoms with E-state index >= 15 is 0 Å². The summed E-state index contributed by atoms with van der Waals surface area (Å²) in [6.45, 7) is 2.72. The van der Waals surface area contributed by atoms with E-state index in [0.717, 1.165) is 35.2 Å². The molecule has 4 rings (SSSR count). The molecule has 0 saturated carbocycles. The summed E-state index contributed by atoms with van der Waals surface area (Å²) in [7, 11) is 0. The molecule has 1 aliphatic heterocycles. The van der Waals surface area contributed by atoms with Gasteiger partial charge in [0.2, 0.25) is 0 Å². The van der Waals surface area contributed by atoms with Gasteiger partial charge in [-0.2, -0.15) is 0 Å². The first-order chi connectivity index (χ1) is 14.1. The first-order valence-corrected chi connectivity index (χ1v) is 10.9. The third-order valence-corrected chi connectivity index (χ3v) is 6.46. The standard InChI is InChI=1S/C25H23BrClNO/c26-24-9-5-4-8-19(24)10-11-20-16-28(15-18-6-2-1-3-7-18)17-23(20)22-14-21(27)12-13-25(22)29/h1-14,20,23,29H,15-17H2/t20-,23-/m1/s1. The third kappa shape index (κ3) is 4.92. The van der Waals surface area contributed by atoms with E-state index in [0.29, 0.717) is 10.8 Å². The predicted molar refractivity (Wildman–Crippen MR) is 124 cm³/mol. The van der Waals surface area contributed by atoms with Crippen molar-refractivity contribution in [3.63, 3.8) is 0 Å². The molecule has 0 aliphatic carbocycles. The van der Waals surface area contributed by atoms with Crippen LogP contribution in [0, 0.1) is 5.92 Å². The summed E-state index contributed by atoms with van der Waals surface area (Å²) < 4.78 is 1.08. The minimum absolute atomic E-state index is 0.191. The van der Waals surface area contributed by atoms with Gasteiger partial charge in [-0.15, -0.1) is 0 Å². The Bertz CT molecular complexity index is 1000. The van der Waals surface area contributed by atoms with Gasteiger partial charge in [-0.05, 0) is 41.3 Å². The summed E-state index contributed by atoms with van der Waals surface area (Å²) in [5.41, 5.74) is 3.38. The number of hydrogen-bond donors (Lipinski definition) is 1. The van der Waals surface area contributed by atoms with E-state index in [1.807, 2.05) is 24.3 Å². The van der Waals surface area contributed by atoms with Crippen LogP contribution in [-0.4, -0.2) is 23.1 Å². The molecular formula is C25H23BrClNO. The lowest BCUT2D eigenvalue weighted by atomic mass is 9.88. The lowest BCUT2D eigenvalue weighted by Crippen LogP contribution is -2.20. The maximum atomic E-state index is 10.5. The van der Waals surface area contributed by atoms with Crippen molar-refractivity contribution in [2.75, 3.05) is 13.1 Å². The molecule has 2 nitrogen and oxygen atoms in total. The number of halogens is 2. The molecule has 0 spiro atoms. The van der Waals surface area contributed by atoms with Crippen molar-refractivity contribution in [3.05, 3.63) is 105 Å². The van der Waals surface area contributed by atoms with E-state index in [4.69, 9.17) is 11.6 Å². The van der Waals surface area contributed by atoms with Gasteiger partial charge in [-0.25, -0.2) is 0 Å². The summed E-state index contributed by atoms with van der Waals surface area (Å²) in [5.74, 6) is 0.798. The maximum Gasteiger partial charge on any atom is 0.119 e. The number of nitrogens with zero attached hydrogens (tertiary/aromatic N) is 1. The van der Waals surface area contributed by atoms with Crippen molar-refractivity contribution in [1.82, 2.24) is 4.90 Å². The Labute approximate surface area is 185 Å². The molecule has 29 heavy (non-hydrogen) atoms. The van der Waals surface area contributed by atoms with Gasteiger partial charge in [0, 0.05) is 40.6 Å². The normalized spacial score (nSPS) is 19.8. The molecule has 1 fully saturated rings. The zero-order valence-electron chi connectivity index (χ0n) is 16.0. The Morgan fingerprint density at radius 3 is 2.55 bits per heavy atom. The second kappa shape index (κ2) is 9.17. The Morgan fingerprint density at radius 1 is 1.00 bits per heavy atom. The summed E-state index contributed by atoms with van der Waals surface area (Å²) in [6, 6.07) is 24.1. The molecule has 0 bridgehead atoms. The number of likely N-dealkylation sites (tertiary alicyclic amines) is 1. The van der Waals surface area contributed by atoms with Crippen molar-refractivity contribution < 1.29 is 5.11 Å². The van der Waals surface area contributed by atoms with Crippen LogP contribution in [0.5, 0.6) is 5.75 Å². The van der Waals surface area contributed by atoms with E-state index in [9.17, 15) is 5.11 Å². The predicted octanol–water partition coefficient (Wildman–Crippen LogP) is 6.74. The minimum atomic E-state index is 0.191. The Balaban J connectivity index is 1.62. The van der Waals surface area contributed by atoms with Crippen LogP contribution < -0.4 is 0 Å². The van der Waals surface area contributed by atoms with Crippen molar-refractivity contribution in [2.24, 2.45) is 5.92 Å². The van der Waals surface area contributed by atoms with Crippen molar-refractivity contribution in [3.8, 4) is 5.75 Å². The lowest BCUT2D eigenvalue weighted by Gasteiger charge is -2.18. The molecular weight excluding hydrogens is 446 g/mol. The number of rotatable bonds is 5. The molecule has 0 unspecified atom stereocenters. The SMILES string of the molecule is Oc1ccc(Cl)cc1[C@@H]1CN(Cc2ccccc2)C[C@H]1C=Cc1ccccc1Br. The van der Waals surface area contributed by atoms with E-state index in [-0.39, 0.29) is 11.8 Å². The smallest absolute Gasteiger partial charge is 0.119 e. The van der Waals surface area contributed by atoms with Crippen LogP contribution in [0.25, 0.3) is 6.08 Å². The highest BCUT2D eigenvalue weighted by molar-refractivity contribution is 9.10. The van der Waals surface area contributed by atoms with Crippen molar-refractivity contribution >= 4 is 33.6 Å². The first kappa shape index (κ1) is 20.2. The highest BCUT2D eigenvalue weighted by Gasteiger charge is 2.33. The van der Waals surface area contributed by atoms with Crippen LogP contribution in [0.2, 0.25) is 5.02 Å². The molecule has 4 heteroatoms. The highest BCUT2D eigenvalue weighted by atomic mass is 79.9. The summed E-state index contributed by atoms with van der Waals surface area (Å²) in [6.07, 6.45) is 4.45. The fourth-order valence-electron chi connectivity index (χ4n) is 4.07. The van der Waals surface area contributed by atoms with E-state index in [1.54, 1.807) is 12.1 Å². The molecule has 2 atom stereocenters. The van der Waals surface area contributed by atoms with E-state index in [2.05, 4.69) is 69.4 Å². The molecule has 0 radical (unpaired) electrons. The van der Waals surface area contributed by atoms with Crippen LogP contribution in [0.4, 0.5) is 0 Å². The molecule has 3 aromatic carbocycles. The van der Waals surface area contributed by atoms with Gasteiger partial charge < -0.3 is 5.11 Å². The average Bonchev–Trinajstić information content (AvgIpc) is 3.12. The van der Waals surface area contributed by atoms with Gasteiger partial charge in [0.1, 0.15) is 5.75 Å². The zero-order chi connectivity index (χ0) is 20.2. The molecule has 1 heterocycles. The van der Waals surface area contributed by atoms with Gasteiger partial charge in [0.15, 0.2) is 0 Å². The summed E-state index contributed by atoms with van der Waals surface area (Å²) in [4.78, 5) is 2.45. The van der Waals surface area contributed by atoms with Gasteiger partial charge >= 0.3 is 0 Å². The van der Waals surface area contributed by atoms with Gasteiger partial charge in [0.05, 0.1) is 0 Å². The summed E-state index contributed by atoms with van der Waals surface area (Å²) >= 11 is 9.88. The Hall–Kier alpha value is -2.07. The van der Waals surface area contributed by atoms with Crippen LogP contribution in [0.1, 0.15) is 22.6 Å². The number of benzene rings is 3. The van der Waals surface area contributed by atoms with E-state index in [1.165, 1.54) is 5.56 Å². The van der Waals surface area contributed by atoms with Crippen LogP contribution in [-0.2, 0) is 6.54 Å². The van der Waals surface area contributed by atoms with Crippen LogP contribution in [0.15, 0.2) is 83.3 Å². The first-order valence-electron chi connectivity index (χ1n) is 9.77. The molecule has 3 aromatic rings. The van der Waals surface area contributed by atoms with Gasteiger partial charge in [-0.3, -0.25) is 4.90 Å². The number of phenols is 1. The monoisotopic (exact) mass is 467 g/mol. The topological polar surface area (TPSA) is 23.5 Å². The van der Waals surface area contributed by atoms with Crippen molar-refractivity contribution in [2.45, 2.75) is 12.5 Å². The number of phenolic OH excluding ortho intramolecular Hbond substituents is 1. The molecule has 0 aromatic heterocycles. The zero-order valence-corrected chi connectivity index (χ0v) is 18.4. The van der Waals surface area contributed by atoms with E-state index < -0.39 is 0 Å². The van der Waals surface area contributed by atoms with Crippen LogP contribution in [0.3, 0.4) is 0 Å².